The highest BCUT2D eigenvalue weighted by Gasteiger charge is 2.49. The lowest BCUT2D eigenvalue weighted by molar-refractivity contribution is 0.0659. The maximum absolute atomic E-state index is 12.4. The Kier molecular flexibility index (Phi) is 5.28. The van der Waals surface area contributed by atoms with E-state index in [2.05, 4.69) is 19.8 Å². The van der Waals surface area contributed by atoms with Crippen molar-refractivity contribution in [3.05, 3.63) is 54.0 Å². The van der Waals surface area contributed by atoms with Crippen LogP contribution in [-0.4, -0.2) is 59.5 Å². The molecule has 12 nitrogen and oxygen atoms in total. The molecule has 3 aromatic rings. The number of carbonyl (C=O) groups is 1. The molecule has 0 spiro atoms. The summed E-state index contributed by atoms with van der Waals surface area (Å²) in [4.78, 5) is 45.5. The molecule has 5 rings (SSSR count). The summed E-state index contributed by atoms with van der Waals surface area (Å²) in [6.07, 6.45) is 2.73. The standard InChI is InChI=1S/C20H18N6O6P/c21-6-5-15-10-25(24-23-15)19-4-2-13(9-22-19)12-1-3-16-14(7-12)8-17-18(11-31-33(28,29)30)32-20(27)26(16)17/h1-4,7,9-10,17-18,28-30H,5,8,11H2/q+1/t17-,18-/m0/s1. The molecule has 0 saturated carbocycles. The molecule has 1 amide bonds. The molecule has 0 unspecified atom stereocenters. The van der Waals surface area contributed by atoms with Crippen molar-refractivity contribution in [2.45, 2.75) is 25.0 Å². The predicted octanol–water partition coefficient (Wildman–Crippen LogP) is 1.32. The van der Waals surface area contributed by atoms with Gasteiger partial charge in [-0.05, 0) is 41.8 Å². The van der Waals surface area contributed by atoms with Crippen LogP contribution in [0.15, 0.2) is 42.7 Å². The fraction of sp³-hybridized carbons (Fsp3) is 0.250. The quantitative estimate of drug-likeness (QED) is 0.448. The summed E-state index contributed by atoms with van der Waals surface area (Å²) in [6, 6.07) is 11.0. The van der Waals surface area contributed by atoms with E-state index < -0.39 is 20.4 Å². The highest BCUT2D eigenvalue weighted by Crippen LogP contribution is 2.47. The van der Waals surface area contributed by atoms with Crippen LogP contribution in [0.5, 0.6) is 0 Å². The summed E-state index contributed by atoms with van der Waals surface area (Å²) < 4.78 is 11.4. The zero-order chi connectivity index (χ0) is 23.2. The van der Waals surface area contributed by atoms with Crippen molar-refractivity contribution >= 4 is 20.0 Å². The van der Waals surface area contributed by atoms with Gasteiger partial charge in [0, 0.05) is 11.8 Å². The molecule has 168 valence electrons. The first-order valence-electron chi connectivity index (χ1n) is 9.92. The molecule has 1 fully saturated rings. The number of benzene rings is 1. The number of hydrogen-bond acceptors (Lipinski definition) is 10. The molecule has 4 heterocycles. The normalized spacial score (nSPS) is 19.2. The van der Waals surface area contributed by atoms with E-state index in [1.54, 1.807) is 18.5 Å². The number of aromatic nitrogens is 4. The Morgan fingerprint density at radius 1 is 1.24 bits per heavy atom. The maximum Gasteiger partial charge on any atom is 0.567 e. The first-order chi connectivity index (χ1) is 15.8. The van der Waals surface area contributed by atoms with Gasteiger partial charge in [-0.3, -0.25) is 4.90 Å². The van der Waals surface area contributed by atoms with Gasteiger partial charge in [0.15, 0.2) is 11.9 Å². The molecule has 0 bridgehead atoms. The minimum absolute atomic E-state index is 0.175. The smallest absolute Gasteiger partial charge is 0.441 e. The zero-order valence-corrected chi connectivity index (χ0v) is 17.9. The number of nitriles is 1. The monoisotopic (exact) mass is 469 g/mol. The van der Waals surface area contributed by atoms with Gasteiger partial charge in [0.25, 0.3) is 0 Å². The van der Waals surface area contributed by atoms with Gasteiger partial charge in [0.2, 0.25) is 0 Å². The predicted molar refractivity (Wildman–Crippen MR) is 114 cm³/mol. The van der Waals surface area contributed by atoms with Crippen LogP contribution in [0.25, 0.3) is 16.9 Å². The van der Waals surface area contributed by atoms with Crippen LogP contribution in [0, 0.1) is 11.3 Å². The van der Waals surface area contributed by atoms with E-state index in [0.29, 0.717) is 23.6 Å². The Morgan fingerprint density at radius 3 is 2.79 bits per heavy atom. The lowest BCUT2D eigenvalue weighted by atomic mass is 10.0. The maximum atomic E-state index is 12.4. The highest BCUT2D eigenvalue weighted by atomic mass is 31.2. The third-order valence-electron chi connectivity index (χ3n) is 5.51. The number of cyclic esters (lactones) is 1. The molecule has 1 aromatic carbocycles. The van der Waals surface area contributed by atoms with Gasteiger partial charge in [0.05, 0.1) is 36.1 Å². The molecule has 2 aromatic heterocycles. The largest absolute Gasteiger partial charge is 0.567 e. The summed E-state index contributed by atoms with van der Waals surface area (Å²) in [5.74, 6) is 0.568. The Hall–Kier alpha value is -3.46. The van der Waals surface area contributed by atoms with Gasteiger partial charge >= 0.3 is 14.3 Å². The van der Waals surface area contributed by atoms with Crippen LogP contribution in [0.4, 0.5) is 10.5 Å². The number of anilines is 1. The molecule has 2 atom stereocenters. The van der Waals surface area contributed by atoms with Crippen molar-refractivity contribution in [2.75, 3.05) is 11.5 Å². The summed E-state index contributed by atoms with van der Waals surface area (Å²) >= 11 is 0. The summed E-state index contributed by atoms with van der Waals surface area (Å²) in [5.41, 5.74) is 3.98. The van der Waals surface area contributed by atoms with Gasteiger partial charge in [-0.2, -0.15) is 19.9 Å². The minimum atomic E-state index is -4.42. The fourth-order valence-electron chi connectivity index (χ4n) is 4.04. The molecule has 13 heteroatoms. The van der Waals surface area contributed by atoms with E-state index in [-0.39, 0.29) is 19.1 Å². The topological polar surface area (TPSA) is 167 Å². The SMILES string of the molecule is N#CCc1cn(-c2ccc(-c3ccc4c(c3)C[C@H]3[C@H](CO[P+](O)(O)O)OC(=O)N43)cn2)nn1. The number of hydrogen-bond donors (Lipinski definition) is 3. The van der Waals surface area contributed by atoms with Gasteiger partial charge in [-0.15, -0.1) is 9.62 Å². The van der Waals surface area contributed by atoms with E-state index >= 15 is 0 Å². The number of ether oxygens (including phenoxy) is 1. The van der Waals surface area contributed by atoms with Gasteiger partial charge in [-0.25, -0.2) is 14.5 Å². The minimum Gasteiger partial charge on any atom is -0.441 e. The van der Waals surface area contributed by atoms with Gasteiger partial charge in [0.1, 0.15) is 6.61 Å². The van der Waals surface area contributed by atoms with Crippen molar-refractivity contribution in [1.29, 1.82) is 5.26 Å². The number of amides is 1. The van der Waals surface area contributed by atoms with Gasteiger partial charge < -0.3 is 4.74 Å². The van der Waals surface area contributed by atoms with E-state index in [1.807, 2.05) is 30.3 Å². The molecule has 33 heavy (non-hydrogen) atoms. The number of rotatable bonds is 6. The molecule has 3 N–H and O–H groups in total. The third kappa shape index (κ3) is 4.16. The second-order valence-corrected chi connectivity index (χ2v) is 8.90. The molecule has 1 saturated heterocycles. The number of pyridine rings is 1. The molecule has 2 aliphatic rings. The fourth-order valence-corrected chi connectivity index (χ4v) is 4.39. The summed E-state index contributed by atoms with van der Waals surface area (Å²) in [5, 5.41) is 16.7. The summed E-state index contributed by atoms with van der Waals surface area (Å²) in [7, 11) is -4.42. The van der Waals surface area contributed by atoms with Crippen LogP contribution in [0.1, 0.15) is 11.3 Å². The Balaban J connectivity index is 1.34. The van der Waals surface area contributed by atoms with Crippen LogP contribution in [-0.2, 0) is 22.1 Å². The lowest BCUT2D eigenvalue weighted by Crippen LogP contribution is -2.35. The van der Waals surface area contributed by atoms with E-state index in [0.717, 1.165) is 16.7 Å². The third-order valence-corrected chi connectivity index (χ3v) is 6.00. The molecule has 0 radical (unpaired) electrons. The average molecular weight is 469 g/mol. The zero-order valence-electron chi connectivity index (χ0n) is 17.0. The average Bonchev–Trinajstić information content (AvgIpc) is 3.47. The highest BCUT2D eigenvalue weighted by molar-refractivity contribution is 7.53. The Labute approximate surface area is 187 Å². The van der Waals surface area contributed by atoms with Crippen LogP contribution >= 0.6 is 8.17 Å². The van der Waals surface area contributed by atoms with Crippen molar-refractivity contribution in [2.24, 2.45) is 0 Å². The van der Waals surface area contributed by atoms with E-state index in [4.69, 9.17) is 24.7 Å². The van der Waals surface area contributed by atoms with Crippen molar-refractivity contribution in [1.82, 2.24) is 20.0 Å². The number of fused-ring (bicyclic) bond motifs is 3. The Bertz CT molecular complexity index is 1250. The number of carbonyl (C=O) groups excluding carboxylic acids is 1. The first kappa shape index (κ1) is 21.4. The van der Waals surface area contributed by atoms with Crippen molar-refractivity contribution < 1.29 is 28.7 Å². The first-order valence-corrected chi connectivity index (χ1v) is 11.5. The molecular formula is C20H18N6O6P+. The lowest BCUT2D eigenvalue weighted by Gasteiger charge is -2.15. The van der Waals surface area contributed by atoms with E-state index in [1.165, 1.54) is 9.58 Å². The van der Waals surface area contributed by atoms with Gasteiger partial charge in [-0.1, -0.05) is 11.3 Å². The Morgan fingerprint density at radius 2 is 2.06 bits per heavy atom. The second kappa shape index (κ2) is 8.15. The van der Waals surface area contributed by atoms with Crippen molar-refractivity contribution in [3.8, 4) is 23.0 Å². The van der Waals surface area contributed by atoms with Crippen molar-refractivity contribution in [3.63, 3.8) is 0 Å². The van der Waals surface area contributed by atoms with Crippen LogP contribution < -0.4 is 4.90 Å². The second-order valence-electron chi connectivity index (χ2n) is 7.61. The number of nitrogens with zero attached hydrogens (tertiary/aromatic N) is 6. The molecular weight excluding hydrogens is 451 g/mol. The van der Waals surface area contributed by atoms with Crippen LogP contribution in [0.3, 0.4) is 0 Å². The van der Waals surface area contributed by atoms with E-state index in [9.17, 15) is 4.79 Å². The summed E-state index contributed by atoms with van der Waals surface area (Å²) in [6.45, 7) is -0.325. The molecule has 0 aliphatic carbocycles. The molecule has 2 aliphatic heterocycles. The van der Waals surface area contributed by atoms with Crippen LogP contribution in [0.2, 0.25) is 0 Å².